The molecule has 0 saturated heterocycles. The van der Waals surface area contributed by atoms with Crippen LogP contribution in [0.4, 0.5) is 5.69 Å². The van der Waals surface area contributed by atoms with Crippen molar-refractivity contribution in [1.29, 1.82) is 0 Å². The van der Waals surface area contributed by atoms with Crippen molar-refractivity contribution in [2.45, 2.75) is 0 Å². The number of nitrogens with two attached hydrogens (primary N) is 2. The molecule has 0 aromatic heterocycles. The topological polar surface area (TPSA) is 75.5 Å². The van der Waals surface area contributed by atoms with E-state index in [1.165, 1.54) is 5.01 Å². The first-order valence-corrected chi connectivity index (χ1v) is 7.31. The summed E-state index contributed by atoms with van der Waals surface area (Å²) >= 11 is 6.82. The van der Waals surface area contributed by atoms with Crippen molar-refractivity contribution in [3.8, 4) is 5.75 Å². The Bertz CT molecular complexity index is 621. The summed E-state index contributed by atoms with van der Waals surface area (Å²) < 4.78 is 1.82. The van der Waals surface area contributed by atoms with Crippen LogP contribution >= 0.6 is 31.9 Å². The smallest absolute Gasteiger partial charge is 0.115 e. The second-order valence-corrected chi connectivity index (χ2v) is 6.00. The highest BCUT2D eigenvalue weighted by atomic mass is 79.9. The van der Waals surface area contributed by atoms with Gasteiger partial charge in [0.2, 0.25) is 0 Å². The maximum atomic E-state index is 9.25. The number of nitrogens with zero attached hydrogens (tertiary/aromatic N) is 1. The van der Waals surface area contributed by atoms with Gasteiger partial charge < -0.3 is 10.8 Å². The molecule has 0 radical (unpaired) electrons. The van der Waals surface area contributed by atoms with E-state index in [9.17, 15) is 5.11 Å². The molecule has 0 spiro atoms. The van der Waals surface area contributed by atoms with Crippen LogP contribution in [0.1, 0.15) is 5.56 Å². The van der Waals surface area contributed by atoms with Crippen molar-refractivity contribution >= 4 is 43.2 Å². The van der Waals surface area contributed by atoms with Gasteiger partial charge in [-0.3, -0.25) is 5.01 Å². The van der Waals surface area contributed by atoms with Gasteiger partial charge in [-0.25, -0.2) is 5.84 Å². The molecule has 104 valence electrons. The summed E-state index contributed by atoms with van der Waals surface area (Å²) in [5.74, 6) is 6.18. The largest absolute Gasteiger partial charge is 0.508 e. The summed E-state index contributed by atoms with van der Waals surface area (Å²) in [7, 11) is 0. The lowest BCUT2D eigenvalue weighted by atomic mass is 10.1. The highest BCUT2D eigenvalue weighted by Crippen LogP contribution is 2.25. The van der Waals surface area contributed by atoms with E-state index in [1.807, 2.05) is 18.2 Å². The minimum absolute atomic E-state index is 0.196. The van der Waals surface area contributed by atoms with Gasteiger partial charge in [0, 0.05) is 15.1 Å². The fourth-order valence-electron chi connectivity index (χ4n) is 1.64. The summed E-state index contributed by atoms with van der Waals surface area (Å²) in [6, 6.07) is 12.3. The third-order valence-corrected chi connectivity index (χ3v) is 3.54. The molecule has 0 saturated carbocycles. The Kier molecular flexibility index (Phi) is 4.69. The van der Waals surface area contributed by atoms with E-state index in [2.05, 4.69) is 31.9 Å². The van der Waals surface area contributed by atoms with Crippen LogP contribution in [0.3, 0.4) is 0 Å². The van der Waals surface area contributed by atoms with Crippen molar-refractivity contribution < 1.29 is 5.11 Å². The lowest BCUT2D eigenvalue weighted by Gasteiger charge is -2.16. The minimum atomic E-state index is 0.196. The monoisotopic (exact) mass is 397 g/mol. The van der Waals surface area contributed by atoms with E-state index in [0.717, 1.165) is 20.2 Å². The van der Waals surface area contributed by atoms with Gasteiger partial charge in [-0.2, -0.15) is 0 Å². The first-order chi connectivity index (χ1) is 9.45. The molecule has 0 unspecified atom stereocenters. The Labute approximate surface area is 133 Å². The summed E-state index contributed by atoms with van der Waals surface area (Å²) in [5, 5.41) is 10.7. The number of hydrogen-bond donors (Lipinski definition) is 3. The van der Waals surface area contributed by atoms with E-state index in [0.29, 0.717) is 5.70 Å². The van der Waals surface area contributed by atoms with Crippen molar-refractivity contribution in [1.82, 2.24) is 0 Å². The van der Waals surface area contributed by atoms with E-state index in [4.69, 9.17) is 11.6 Å². The second-order valence-electron chi connectivity index (χ2n) is 4.17. The third-order valence-electron chi connectivity index (χ3n) is 2.62. The van der Waals surface area contributed by atoms with Gasteiger partial charge in [0.1, 0.15) is 5.75 Å². The van der Waals surface area contributed by atoms with Crippen LogP contribution in [0.5, 0.6) is 5.75 Å². The number of anilines is 1. The number of aromatic hydroxyl groups is 1. The SMILES string of the molecule is N/C(=C\N(N)c1cc(Br)cc(Br)c1)c1ccc(O)cc1. The molecule has 0 fully saturated rings. The van der Waals surface area contributed by atoms with Gasteiger partial charge in [-0.1, -0.05) is 31.9 Å². The quantitative estimate of drug-likeness (QED) is 0.545. The zero-order chi connectivity index (χ0) is 14.7. The van der Waals surface area contributed by atoms with Crippen LogP contribution in [-0.2, 0) is 0 Å². The molecule has 2 rings (SSSR count). The molecular formula is C14H13Br2N3O. The number of benzene rings is 2. The summed E-state index contributed by atoms with van der Waals surface area (Å²) in [6.45, 7) is 0. The molecular weight excluding hydrogens is 386 g/mol. The maximum Gasteiger partial charge on any atom is 0.115 e. The highest BCUT2D eigenvalue weighted by molar-refractivity contribution is 9.11. The number of phenolic OH excluding ortho intramolecular Hbond substituents is 1. The van der Waals surface area contributed by atoms with Crippen LogP contribution in [0.2, 0.25) is 0 Å². The van der Waals surface area contributed by atoms with Crippen LogP contribution in [0.25, 0.3) is 5.70 Å². The van der Waals surface area contributed by atoms with Crippen LogP contribution in [-0.4, -0.2) is 5.11 Å². The molecule has 0 aliphatic heterocycles. The van der Waals surface area contributed by atoms with Crippen molar-refractivity contribution in [2.24, 2.45) is 11.6 Å². The zero-order valence-electron chi connectivity index (χ0n) is 10.4. The third kappa shape index (κ3) is 3.75. The molecule has 5 N–H and O–H groups in total. The van der Waals surface area contributed by atoms with Crippen molar-refractivity contribution in [3.63, 3.8) is 0 Å². The molecule has 0 bridgehead atoms. The van der Waals surface area contributed by atoms with E-state index < -0.39 is 0 Å². The van der Waals surface area contributed by atoms with Gasteiger partial charge in [0.15, 0.2) is 0 Å². The predicted octanol–water partition coefficient (Wildman–Crippen LogP) is 3.55. The molecule has 6 heteroatoms. The molecule has 2 aromatic carbocycles. The van der Waals surface area contributed by atoms with Gasteiger partial charge in [-0.05, 0) is 48.0 Å². The average molecular weight is 399 g/mol. The average Bonchev–Trinajstić information content (AvgIpc) is 2.38. The van der Waals surface area contributed by atoms with Gasteiger partial charge in [0.25, 0.3) is 0 Å². The van der Waals surface area contributed by atoms with Gasteiger partial charge in [-0.15, -0.1) is 0 Å². The predicted molar refractivity (Wildman–Crippen MR) is 88.8 cm³/mol. The Morgan fingerprint density at radius 1 is 1.05 bits per heavy atom. The molecule has 0 aliphatic carbocycles. The molecule has 20 heavy (non-hydrogen) atoms. The van der Waals surface area contributed by atoms with E-state index >= 15 is 0 Å². The number of hydrogen-bond acceptors (Lipinski definition) is 4. The van der Waals surface area contributed by atoms with Crippen LogP contribution in [0.15, 0.2) is 57.6 Å². The lowest BCUT2D eigenvalue weighted by Crippen LogP contribution is -2.25. The lowest BCUT2D eigenvalue weighted by molar-refractivity contribution is 0.475. The fourth-order valence-corrected chi connectivity index (χ4v) is 2.91. The van der Waals surface area contributed by atoms with Crippen LogP contribution in [0, 0.1) is 0 Å². The number of phenols is 1. The number of halogens is 2. The molecule has 0 atom stereocenters. The highest BCUT2D eigenvalue weighted by Gasteiger charge is 2.04. The molecule has 4 nitrogen and oxygen atoms in total. The second kappa shape index (κ2) is 6.30. The Morgan fingerprint density at radius 3 is 2.15 bits per heavy atom. The number of hydrazine groups is 1. The molecule has 0 heterocycles. The first kappa shape index (κ1) is 14.9. The van der Waals surface area contributed by atoms with Crippen molar-refractivity contribution in [3.05, 3.63) is 63.2 Å². The molecule has 0 amide bonds. The molecule has 2 aromatic rings. The minimum Gasteiger partial charge on any atom is -0.508 e. The Hall–Kier alpha value is -1.50. The number of rotatable bonds is 3. The van der Waals surface area contributed by atoms with E-state index in [1.54, 1.807) is 30.5 Å². The summed E-state index contributed by atoms with van der Waals surface area (Å²) in [6.07, 6.45) is 1.63. The summed E-state index contributed by atoms with van der Waals surface area (Å²) in [4.78, 5) is 0. The first-order valence-electron chi connectivity index (χ1n) is 5.72. The Balaban J connectivity index is 2.26. The fraction of sp³-hybridized carbons (Fsp3) is 0. The summed E-state index contributed by atoms with van der Waals surface area (Å²) in [5.41, 5.74) is 8.07. The zero-order valence-corrected chi connectivity index (χ0v) is 13.6. The van der Waals surface area contributed by atoms with Crippen LogP contribution < -0.4 is 16.6 Å². The van der Waals surface area contributed by atoms with Gasteiger partial charge in [0.05, 0.1) is 11.4 Å². The van der Waals surface area contributed by atoms with Crippen molar-refractivity contribution in [2.75, 3.05) is 5.01 Å². The normalized spacial score (nSPS) is 11.4. The van der Waals surface area contributed by atoms with E-state index in [-0.39, 0.29) is 5.75 Å². The molecule has 0 aliphatic rings. The maximum absolute atomic E-state index is 9.25. The standard InChI is InChI=1S/C14H13Br2N3O/c15-10-5-11(16)7-12(6-10)19(18)8-14(17)9-1-3-13(20)4-2-9/h1-8,20H,17-18H2/b14-8-. The van der Waals surface area contributed by atoms with Gasteiger partial charge >= 0.3 is 0 Å². The Morgan fingerprint density at radius 2 is 1.60 bits per heavy atom.